The highest BCUT2D eigenvalue weighted by molar-refractivity contribution is 4.78. The van der Waals surface area contributed by atoms with Crippen LogP contribution in [0.3, 0.4) is 0 Å². The molecule has 0 radical (unpaired) electrons. The largest absolute Gasteiger partial charge is 0.313 e. The van der Waals surface area contributed by atoms with Crippen LogP contribution in [0, 0.1) is 5.92 Å². The Morgan fingerprint density at radius 2 is 1.89 bits per heavy atom. The van der Waals surface area contributed by atoms with Crippen LogP contribution in [0.1, 0.15) is 39.5 Å². The molecule has 0 spiro atoms. The van der Waals surface area contributed by atoms with Crippen LogP contribution in [-0.2, 0) is 0 Å². The van der Waals surface area contributed by atoms with Crippen LogP contribution in [0.25, 0.3) is 0 Å². The lowest BCUT2D eigenvalue weighted by atomic mass is 9.96. The smallest absolute Gasteiger partial charge is 0.0194 e. The fraction of sp³-hybridized carbons (Fsp3) is 1.00. The van der Waals surface area contributed by atoms with Gasteiger partial charge in [-0.15, -0.1) is 0 Å². The average molecular weight is 255 g/mol. The second kappa shape index (κ2) is 8.89. The zero-order valence-corrected chi connectivity index (χ0v) is 12.9. The minimum Gasteiger partial charge on any atom is -0.313 e. The molecule has 0 saturated carbocycles. The van der Waals surface area contributed by atoms with Gasteiger partial charge in [-0.05, 0) is 58.9 Å². The van der Waals surface area contributed by atoms with E-state index in [2.05, 4.69) is 43.1 Å². The highest BCUT2D eigenvalue weighted by Gasteiger charge is 2.21. The van der Waals surface area contributed by atoms with Crippen LogP contribution >= 0.6 is 0 Å². The molecule has 0 aliphatic carbocycles. The number of likely N-dealkylation sites (tertiary alicyclic amines) is 1. The molecule has 1 unspecified atom stereocenters. The topological polar surface area (TPSA) is 18.5 Å². The Bertz CT molecular complexity index is 192. The highest BCUT2D eigenvalue weighted by Crippen LogP contribution is 2.18. The number of likely N-dealkylation sites (N-methyl/N-ethyl adjacent to an activating group) is 1. The summed E-state index contributed by atoms with van der Waals surface area (Å²) < 4.78 is 0. The van der Waals surface area contributed by atoms with Crippen molar-refractivity contribution >= 4 is 0 Å². The lowest BCUT2D eigenvalue weighted by Gasteiger charge is -2.35. The van der Waals surface area contributed by atoms with Crippen molar-refractivity contribution in [2.24, 2.45) is 5.92 Å². The Balaban J connectivity index is 2.24. The first-order valence-electron chi connectivity index (χ1n) is 7.76. The van der Waals surface area contributed by atoms with Crippen LogP contribution in [-0.4, -0.2) is 62.7 Å². The molecule has 1 rings (SSSR count). The van der Waals surface area contributed by atoms with Crippen molar-refractivity contribution in [2.45, 2.75) is 45.6 Å². The molecule has 1 atom stereocenters. The van der Waals surface area contributed by atoms with Crippen LogP contribution in [0.2, 0.25) is 0 Å². The number of hydrogen-bond donors (Lipinski definition) is 1. The minimum absolute atomic E-state index is 0.699. The zero-order valence-electron chi connectivity index (χ0n) is 12.9. The fourth-order valence-corrected chi connectivity index (χ4v) is 3.07. The van der Waals surface area contributed by atoms with Crippen molar-refractivity contribution in [2.75, 3.05) is 46.8 Å². The number of nitrogens with one attached hydrogen (secondary N) is 1. The summed E-state index contributed by atoms with van der Waals surface area (Å²) in [6.07, 6.45) is 5.35. The third kappa shape index (κ3) is 6.17. The van der Waals surface area contributed by atoms with Gasteiger partial charge in [0.05, 0.1) is 0 Å². The molecule has 108 valence electrons. The SMILES string of the molecule is CCCC(CN1CCC(CN(C)C)CC1)NCC. The standard InChI is InChI=1S/C15H33N3/c1-5-7-15(16-6-2)13-18-10-8-14(9-11-18)12-17(3)4/h14-16H,5-13H2,1-4H3. The van der Waals surface area contributed by atoms with Crippen molar-refractivity contribution < 1.29 is 0 Å². The maximum Gasteiger partial charge on any atom is 0.0194 e. The van der Waals surface area contributed by atoms with Gasteiger partial charge in [0, 0.05) is 19.1 Å². The van der Waals surface area contributed by atoms with E-state index >= 15 is 0 Å². The maximum absolute atomic E-state index is 3.62. The first kappa shape index (κ1) is 15.9. The molecule has 18 heavy (non-hydrogen) atoms. The van der Waals surface area contributed by atoms with Crippen molar-refractivity contribution in [3.8, 4) is 0 Å². The van der Waals surface area contributed by atoms with E-state index in [1.807, 2.05) is 0 Å². The Kier molecular flexibility index (Phi) is 7.87. The molecule has 1 fully saturated rings. The molecule has 3 heteroatoms. The second-order valence-electron chi connectivity index (χ2n) is 6.05. The van der Waals surface area contributed by atoms with Gasteiger partial charge in [0.1, 0.15) is 0 Å². The molecule has 1 aliphatic heterocycles. The van der Waals surface area contributed by atoms with E-state index in [9.17, 15) is 0 Å². The molecule has 1 N–H and O–H groups in total. The van der Waals surface area contributed by atoms with Gasteiger partial charge in [0.25, 0.3) is 0 Å². The van der Waals surface area contributed by atoms with Gasteiger partial charge in [-0.3, -0.25) is 0 Å². The van der Waals surface area contributed by atoms with Gasteiger partial charge >= 0.3 is 0 Å². The summed E-state index contributed by atoms with van der Waals surface area (Å²) in [4.78, 5) is 4.99. The van der Waals surface area contributed by atoms with E-state index in [0.717, 1.165) is 12.5 Å². The van der Waals surface area contributed by atoms with Gasteiger partial charge < -0.3 is 15.1 Å². The molecule has 0 aromatic carbocycles. The van der Waals surface area contributed by atoms with Gasteiger partial charge in [-0.25, -0.2) is 0 Å². The molecule has 0 aromatic rings. The molecule has 0 aromatic heterocycles. The lowest BCUT2D eigenvalue weighted by Crippen LogP contribution is -2.45. The predicted molar refractivity (Wildman–Crippen MR) is 80.1 cm³/mol. The zero-order chi connectivity index (χ0) is 13.4. The van der Waals surface area contributed by atoms with Gasteiger partial charge in [-0.2, -0.15) is 0 Å². The Morgan fingerprint density at radius 1 is 1.22 bits per heavy atom. The molecular weight excluding hydrogens is 222 g/mol. The number of hydrogen-bond acceptors (Lipinski definition) is 3. The molecular formula is C15H33N3. The average Bonchev–Trinajstić information content (AvgIpc) is 2.31. The van der Waals surface area contributed by atoms with Crippen molar-refractivity contribution in [1.82, 2.24) is 15.1 Å². The summed E-state index contributed by atoms with van der Waals surface area (Å²) in [5.74, 6) is 0.917. The first-order valence-corrected chi connectivity index (χ1v) is 7.76. The van der Waals surface area contributed by atoms with Crippen LogP contribution < -0.4 is 5.32 Å². The van der Waals surface area contributed by atoms with E-state index in [4.69, 9.17) is 0 Å². The first-order chi connectivity index (χ1) is 8.65. The van der Waals surface area contributed by atoms with Crippen LogP contribution in [0.4, 0.5) is 0 Å². The van der Waals surface area contributed by atoms with Gasteiger partial charge in [0.15, 0.2) is 0 Å². The summed E-state index contributed by atoms with van der Waals surface area (Å²) in [6.45, 7) is 10.7. The molecule has 0 bridgehead atoms. The summed E-state index contributed by atoms with van der Waals surface area (Å²) in [6, 6.07) is 0.699. The van der Waals surface area contributed by atoms with Crippen LogP contribution in [0.15, 0.2) is 0 Å². The summed E-state index contributed by atoms with van der Waals surface area (Å²) >= 11 is 0. The Labute approximate surface area is 114 Å². The summed E-state index contributed by atoms with van der Waals surface area (Å²) in [5, 5.41) is 3.62. The third-order valence-corrected chi connectivity index (χ3v) is 3.94. The molecule has 1 saturated heterocycles. The maximum atomic E-state index is 3.62. The van der Waals surface area contributed by atoms with Crippen molar-refractivity contribution in [3.63, 3.8) is 0 Å². The van der Waals surface area contributed by atoms with E-state index in [-0.39, 0.29) is 0 Å². The second-order valence-corrected chi connectivity index (χ2v) is 6.05. The molecule has 3 nitrogen and oxygen atoms in total. The summed E-state index contributed by atoms with van der Waals surface area (Å²) in [7, 11) is 4.38. The highest BCUT2D eigenvalue weighted by atomic mass is 15.2. The minimum atomic E-state index is 0.699. The van der Waals surface area contributed by atoms with Crippen molar-refractivity contribution in [1.29, 1.82) is 0 Å². The molecule has 1 aliphatic rings. The normalized spacial score (nSPS) is 20.5. The van der Waals surface area contributed by atoms with Crippen LogP contribution in [0.5, 0.6) is 0 Å². The van der Waals surface area contributed by atoms with Crippen molar-refractivity contribution in [3.05, 3.63) is 0 Å². The number of nitrogens with zero attached hydrogens (tertiary/aromatic N) is 2. The monoisotopic (exact) mass is 255 g/mol. The predicted octanol–water partition coefficient (Wildman–Crippen LogP) is 2.04. The molecule has 1 heterocycles. The quantitative estimate of drug-likeness (QED) is 0.716. The summed E-state index contributed by atoms with van der Waals surface area (Å²) in [5.41, 5.74) is 0. The third-order valence-electron chi connectivity index (χ3n) is 3.94. The number of piperidine rings is 1. The molecule has 0 amide bonds. The van der Waals surface area contributed by atoms with E-state index in [1.165, 1.54) is 51.9 Å². The Morgan fingerprint density at radius 3 is 2.39 bits per heavy atom. The Hall–Kier alpha value is -0.120. The van der Waals surface area contributed by atoms with E-state index < -0.39 is 0 Å². The number of rotatable bonds is 8. The van der Waals surface area contributed by atoms with E-state index in [0.29, 0.717) is 6.04 Å². The van der Waals surface area contributed by atoms with E-state index in [1.54, 1.807) is 0 Å². The van der Waals surface area contributed by atoms with Gasteiger partial charge in [-0.1, -0.05) is 20.3 Å². The lowest BCUT2D eigenvalue weighted by molar-refractivity contribution is 0.149. The van der Waals surface area contributed by atoms with Gasteiger partial charge in [0.2, 0.25) is 0 Å². The fourth-order valence-electron chi connectivity index (χ4n) is 3.07.